The van der Waals surface area contributed by atoms with Crippen LogP contribution in [0.25, 0.3) is 0 Å². The highest BCUT2D eigenvalue weighted by Gasteiger charge is 2.13. The fraction of sp³-hybridized carbons (Fsp3) is 0.385. The molecular weight excluding hydrogens is 273 g/mol. The Hall–Kier alpha value is -1.62. The van der Waals surface area contributed by atoms with Crippen molar-refractivity contribution < 1.29 is 18.7 Å². The van der Waals surface area contributed by atoms with Crippen molar-refractivity contribution in [3.8, 4) is 0 Å². The number of unbranched alkanes of at least 4 members (excludes halogenated alkanes) is 1. The lowest BCUT2D eigenvalue weighted by Crippen LogP contribution is -2.12. The molecule has 1 aromatic carbocycles. The van der Waals surface area contributed by atoms with Gasteiger partial charge >= 0.3 is 5.97 Å². The van der Waals surface area contributed by atoms with E-state index in [-0.39, 0.29) is 11.5 Å². The number of amides is 1. The monoisotopic (exact) mass is 287 g/mol. The van der Waals surface area contributed by atoms with Crippen molar-refractivity contribution in [2.45, 2.75) is 19.3 Å². The smallest absolute Gasteiger partial charge is 0.340 e. The second-order valence-corrected chi connectivity index (χ2v) is 4.26. The van der Waals surface area contributed by atoms with Crippen LogP contribution in [0.4, 0.5) is 10.1 Å². The predicted octanol–water partition coefficient (Wildman–Crippen LogP) is 2.96. The lowest BCUT2D eigenvalue weighted by molar-refractivity contribution is -0.116. The first-order valence-corrected chi connectivity index (χ1v) is 6.35. The van der Waals surface area contributed by atoms with Crippen LogP contribution in [-0.2, 0) is 9.53 Å². The van der Waals surface area contributed by atoms with Gasteiger partial charge in [0.2, 0.25) is 5.91 Å². The molecule has 0 aliphatic rings. The van der Waals surface area contributed by atoms with E-state index in [9.17, 15) is 14.0 Å². The van der Waals surface area contributed by atoms with Crippen molar-refractivity contribution in [1.82, 2.24) is 0 Å². The number of halogens is 2. The molecule has 0 unspecified atom stereocenters. The van der Waals surface area contributed by atoms with Crippen LogP contribution in [-0.4, -0.2) is 24.9 Å². The number of carbonyl (C=O) groups is 2. The van der Waals surface area contributed by atoms with Crippen LogP contribution in [0.2, 0.25) is 0 Å². The molecule has 104 valence electrons. The maximum Gasteiger partial charge on any atom is 0.340 e. The number of anilines is 1. The third-order valence-corrected chi connectivity index (χ3v) is 2.71. The van der Waals surface area contributed by atoms with Gasteiger partial charge in [0.05, 0.1) is 12.7 Å². The topological polar surface area (TPSA) is 55.4 Å². The number of benzene rings is 1. The third kappa shape index (κ3) is 4.87. The Labute approximate surface area is 115 Å². The number of rotatable bonds is 6. The number of alkyl halides is 1. The molecule has 1 rings (SSSR count). The van der Waals surface area contributed by atoms with E-state index >= 15 is 0 Å². The second-order valence-electron chi connectivity index (χ2n) is 3.88. The molecule has 0 radical (unpaired) electrons. The molecule has 4 nitrogen and oxygen atoms in total. The third-order valence-electron chi connectivity index (χ3n) is 2.44. The molecule has 0 aliphatic heterocycles. The average Bonchev–Trinajstić information content (AvgIpc) is 2.40. The molecule has 0 saturated heterocycles. The van der Waals surface area contributed by atoms with Gasteiger partial charge < -0.3 is 10.1 Å². The van der Waals surface area contributed by atoms with E-state index in [2.05, 4.69) is 10.1 Å². The highest BCUT2D eigenvalue weighted by Crippen LogP contribution is 2.16. The molecular formula is C13H15ClFNO3. The lowest BCUT2D eigenvalue weighted by atomic mass is 10.1. The van der Waals surface area contributed by atoms with Crippen molar-refractivity contribution in [3.05, 3.63) is 29.6 Å². The zero-order chi connectivity index (χ0) is 14.3. The largest absolute Gasteiger partial charge is 0.465 e. The minimum absolute atomic E-state index is 0.201. The van der Waals surface area contributed by atoms with E-state index in [1.807, 2.05) is 0 Å². The number of hydrogen-bond donors (Lipinski definition) is 1. The molecule has 1 N–H and O–H groups in total. The molecule has 0 aliphatic carbocycles. The van der Waals surface area contributed by atoms with Gasteiger partial charge in [-0.3, -0.25) is 4.79 Å². The summed E-state index contributed by atoms with van der Waals surface area (Å²) in [6.45, 7) is 0. The standard InChI is InChI=1S/C13H15ClFNO3/c1-19-13(18)10-8-9(5-6-11(10)15)16-12(17)4-2-3-7-14/h5-6,8H,2-4,7H2,1H3,(H,16,17). The van der Waals surface area contributed by atoms with E-state index in [0.29, 0.717) is 24.4 Å². The number of hydrogen-bond acceptors (Lipinski definition) is 3. The molecule has 0 atom stereocenters. The first kappa shape index (κ1) is 15.4. The summed E-state index contributed by atoms with van der Waals surface area (Å²) in [7, 11) is 1.17. The summed E-state index contributed by atoms with van der Waals surface area (Å²) in [6.07, 6.45) is 1.77. The highest BCUT2D eigenvalue weighted by molar-refractivity contribution is 6.17. The van der Waals surface area contributed by atoms with Gasteiger partial charge in [-0.1, -0.05) is 0 Å². The average molecular weight is 288 g/mol. The fourth-order valence-electron chi connectivity index (χ4n) is 1.47. The first-order valence-electron chi connectivity index (χ1n) is 5.82. The second kappa shape index (κ2) is 7.74. The fourth-order valence-corrected chi connectivity index (χ4v) is 1.66. The van der Waals surface area contributed by atoms with E-state index in [1.54, 1.807) is 0 Å². The summed E-state index contributed by atoms with van der Waals surface area (Å²) in [4.78, 5) is 22.9. The summed E-state index contributed by atoms with van der Waals surface area (Å²) >= 11 is 5.51. The number of ether oxygens (including phenoxy) is 1. The molecule has 1 aromatic rings. The summed E-state index contributed by atoms with van der Waals surface area (Å²) < 4.78 is 17.8. The van der Waals surface area contributed by atoms with E-state index in [1.165, 1.54) is 19.2 Å². The van der Waals surface area contributed by atoms with Crippen LogP contribution >= 0.6 is 11.6 Å². The van der Waals surface area contributed by atoms with Gasteiger partial charge in [-0.15, -0.1) is 11.6 Å². The van der Waals surface area contributed by atoms with Gasteiger partial charge in [0.1, 0.15) is 5.82 Å². The Morgan fingerprint density at radius 2 is 2.11 bits per heavy atom. The Balaban J connectivity index is 2.69. The van der Waals surface area contributed by atoms with Crippen molar-refractivity contribution in [1.29, 1.82) is 0 Å². The van der Waals surface area contributed by atoms with Gasteiger partial charge in [-0.25, -0.2) is 9.18 Å². The Bertz CT molecular complexity index is 465. The van der Waals surface area contributed by atoms with Crippen molar-refractivity contribution in [2.75, 3.05) is 18.3 Å². The molecule has 0 heterocycles. The molecule has 0 saturated carbocycles. The highest BCUT2D eigenvalue weighted by atomic mass is 35.5. The summed E-state index contributed by atoms with van der Waals surface area (Å²) in [6, 6.07) is 3.75. The summed E-state index contributed by atoms with van der Waals surface area (Å²) in [5.74, 6) is -1.16. The zero-order valence-corrected chi connectivity index (χ0v) is 11.3. The number of carbonyl (C=O) groups excluding carboxylic acids is 2. The van der Waals surface area contributed by atoms with Crippen molar-refractivity contribution in [3.63, 3.8) is 0 Å². The van der Waals surface area contributed by atoms with Crippen LogP contribution in [0.3, 0.4) is 0 Å². The van der Waals surface area contributed by atoms with Gasteiger partial charge in [0.25, 0.3) is 0 Å². The molecule has 1 amide bonds. The Kier molecular flexibility index (Phi) is 6.29. The normalized spacial score (nSPS) is 10.1. The summed E-state index contributed by atoms with van der Waals surface area (Å²) in [5, 5.41) is 2.59. The molecule has 0 aromatic heterocycles. The molecule has 6 heteroatoms. The number of methoxy groups -OCH3 is 1. The number of esters is 1. The summed E-state index contributed by atoms with van der Waals surface area (Å²) in [5.41, 5.74) is 0.152. The maximum atomic E-state index is 13.4. The molecule has 0 bridgehead atoms. The molecule has 0 fully saturated rings. The van der Waals surface area contributed by atoms with Gasteiger partial charge in [-0.2, -0.15) is 0 Å². The number of nitrogens with one attached hydrogen (secondary N) is 1. The Morgan fingerprint density at radius 3 is 2.74 bits per heavy atom. The van der Waals surface area contributed by atoms with Gasteiger partial charge in [0, 0.05) is 18.0 Å². The Morgan fingerprint density at radius 1 is 1.37 bits per heavy atom. The lowest BCUT2D eigenvalue weighted by Gasteiger charge is -2.07. The van der Waals surface area contributed by atoms with Crippen LogP contribution in [0.15, 0.2) is 18.2 Å². The van der Waals surface area contributed by atoms with Crippen LogP contribution < -0.4 is 5.32 Å². The quantitative estimate of drug-likeness (QED) is 0.497. The van der Waals surface area contributed by atoms with E-state index < -0.39 is 11.8 Å². The van der Waals surface area contributed by atoms with E-state index in [4.69, 9.17) is 11.6 Å². The predicted molar refractivity (Wildman–Crippen MR) is 70.9 cm³/mol. The van der Waals surface area contributed by atoms with Crippen molar-refractivity contribution in [2.24, 2.45) is 0 Å². The van der Waals surface area contributed by atoms with E-state index in [0.717, 1.165) is 12.5 Å². The van der Waals surface area contributed by atoms with Crippen LogP contribution in [0, 0.1) is 5.82 Å². The SMILES string of the molecule is COC(=O)c1cc(NC(=O)CCCCCl)ccc1F. The maximum absolute atomic E-state index is 13.4. The van der Waals surface area contributed by atoms with Crippen molar-refractivity contribution >= 4 is 29.2 Å². The zero-order valence-electron chi connectivity index (χ0n) is 10.5. The van der Waals surface area contributed by atoms with Crippen LogP contribution in [0.1, 0.15) is 29.6 Å². The molecule has 19 heavy (non-hydrogen) atoms. The van der Waals surface area contributed by atoms with Gasteiger partial charge in [0.15, 0.2) is 0 Å². The minimum atomic E-state index is -0.782. The molecule has 0 spiro atoms. The van der Waals surface area contributed by atoms with Gasteiger partial charge in [-0.05, 0) is 31.0 Å². The minimum Gasteiger partial charge on any atom is -0.465 e. The van der Waals surface area contributed by atoms with Crippen LogP contribution in [0.5, 0.6) is 0 Å². The first-order chi connectivity index (χ1) is 9.08.